The summed E-state index contributed by atoms with van der Waals surface area (Å²) in [5.74, 6) is -0.344. The molecule has 0 saturated heterocycles. The second-order valence-electron chi connectivity index (χ2n) is 4.41. The van der Waals surface area contributed by atoms with Crippen LogP contribution in [0.1, 0.15) is 24.9 Å². The molecule has 1 amide bonds. The molecule has 2 rings (SSSR count). The highest BCUT2D eigenvalue weighted by Gasteiger charge is 2.17. The summed E-state index contributed by atoms with van der Waals surface area (Å²) in [7, 11) is 0. The number of fused-ring (bicyclic) bond motifs is 1. The fourth-order valence-corrected chi connectivity index (χ4v) is 1.88. The maximum absolute atomic E-state index is 11.2. The number of carbonyl (C=O) groups is 2. The van der Waals surface area contributed by atoms with Crippen LogP contribution in [-0.2, 0) is 9.59 Å². The van der Waals surface area contributed by atoms with E-state index in [0.717, 1.165) is 5.56 Å². The van der Waals surface area contributed by atoms with Gasteiger partial charge in [-0.25, -0.2) is 0 Å². The summed E-state index contributed by atoms with van der Waals surface area (Å²) in [5, 5.41) is 14.4. The summed E-state index contributed by atoms with van der Waals surface area (Å²) in [4.78, 5) is 21.7. The Morgan fingerprint density at radius 2 is 2.37 bits per heavy atom. The second-order valence-corrected chi connectivity index (χ2v) is 4.41. The van der Waals surface area contributed by atoms with Crippen LogP contribution in [0.15, 0.2) is 18.2 Å². The maximum atomic E-state index is 11.2. The summed E-state index contributed by atoms with van der Waals surface area (Å²) in [6, 6.07) is 5.54. The van der Waals surface area contributed by atoms with Crippen LogP contribution in [0.5, 0.6) is 5.75 Å². The number of benzene rings is 1. The van der Waals surface area contributed by atoms with Crippen molar-refractivity contribution in [2.75, 3.05) is 18.5 Å². The number of carbonyl (C=O) groups excluding carboxylic acids is 1. The van der Waals surface area contributed by atoms with Gasteiger partial charge in [0.2, 0.25) is 0 Å². The van der Waals surface area contributed by atoms with Crippen molar-refractivity contribution in [3.63, 3.8) is 0 Å². The molecule has 1 unspecified atom stereocenters. The molecule has 1 aromatic rings. The van der Waals surface area contributed by atoms with E-state index in [2.05, 4.69) is 10.6 Å². The average Bonchev–Trinajstić information content (AvgIpc) is 2.37. The van der Waals surface area contributed by atoms with Crippen molar-refractivity contribution < 1.29 is 19.4 Å². The summed E-state index contributed by atoms with van der Waals surface area (Å²) in [5.41, 5.74) is 1.62. The fraction of sp³-hybridized carbons (Fsp3) is 0.385. The number of rotatable bonds is 5. The Hall–Kier alpha value is -2.08. The van der Waals surface area contributed by atoms with E-state index in [0.29, 0.717) is 18.0 Å². The quantitative estimate of drug-likeness (QED) is 0.742. The van der Waals surface area contributed by atoms with Crippen molar-refractivity contribution in [3.05, 3.63) is 23.8 Å². The molecular formula is C13H16N2O4. The Balaban J connectivity index is 2.02. The third kappa shape index (κ3) is 3.45. The first kappa shape index (κ1) is 13.4. The van der Waals surface area contributed by atoms with Crippen LogP contribution in [0.25, 0.3) is 0 Å². The number of hydrogen-bond acceptors (Lipinski definition) is 4. The third-order valence-electron chi connectivity index (χ3n) is 2.93. The Morgan fingerprint density at radius 1 is 1.58 bits per heavy atom. The van der Waals surface area contributed by atoms with E-state index in [-0.39, 0.29) is 25.0 Å². The number of amides is 1. The van der Waals surface area contributed by atoms with Crippen LogP contribution < -0.4 is 15.4 Å². The fourth-order valence-electron chi connectivity index (χ4n) is 1.88. The number of ether oxygens (including phenoxy) is 1. The van der Waals surface area contributed by atoms with E-state index in [1.807, 2.05) is 19.1 Å². The van der Waals surface area contributed by atoms with Crippen LogP contribution >= 0.6 is 0 Å². The van der Waals surface area contributed by atoms with E-state index in [1.54, 1.807) is 6.07 Å². The van der Waals surface area contributed by atoms with Gasteiger partial charge >= 0.3 is 5.97 Å². The first-order chi connectivity index (χ1) is 9.06. The molecule has 0 fully saturated rings. The van der Waals surface area contributed by atoms with Crippen LogP contribution in [0.3, 0.4) is 0 Å². The van der Waals surface area contributed by atoms with E-state index in [1.165, 1.54) is 0 Å². The largest absolute Gasteiger partial charge is 0.482 e. The number of hydrogen-bond donors (Lipinski definition) is 3. The highest BCUT2D eigenvalue weighted by molar-refractivity contribution is 5.95. The van der Waals surface area contributed by atoms with Crippen molar-refractivity contribution in [1.29, 1.82) is 0 Å². The van der Waals surface area contributed by atoms with Gasteiger partial charge in [-0.05, 0) is 24.6 Å². The molecule has 1 aliphatic heterocycles. The first-order valence-electron chi connectivity index (χ1n) is 6.08. The molecule has 0 radical (unpaired) electrons. The monoisotopic (exact) mass is 264 g/mol. The zero-order valence-electron chi connectivity index (χ0n) is 10.6. The van der Waals surface area contributed by atoms with Gasteiger partial charge in [0.05, 0.1) is 12.1 Å². The standard InChI is InChI=1S/C13H16N2O4/c1-8(14-5-4-13(17)18)9-2-3-11-10(6-9)15-12(16)7-19-11/h2-3,6,8,14H,4-5,7H2,1H3,(H,15,16)(H,17,18). The Bertz CT molecular complexity index is 501. The third-order valence-corrected chi connectivity index (χ3v) is 2.93. The van der Waals surface area contributed by atoms with Crippen molar-refractivity contribution in [2.24, 2.45) is 0 Å². The van der Waals surface area contributed by atoms with Crippen molar-refractivity contribution >= 4 is 17.6 Å². The summed E-state index contributed by atoms with van der Waals surface area (Å²) in [6.45, 7) is 2.38. The molecule has 0 aliphatic carbocycles. The minimum Gasteiger partial charge on any atom is -0.482 e. The molecule has 102 valence electrons. The molecule has 1 atom stereocenters. The molecule has 6 nitrogen and oxygen atoms in total. The van der Waals surface area contributed by atoms with E-state index >= 15 is 0 Å². The average molecular weight is 264 g/mol. The minimum absolute atomic E-state index is 0.00322. The molecule has 1 aromatic carbocycles. The number of carboxylic acid groups (broad SMARTS) is 1. The number of anilines is 1. The lowest BCUT2D eigenvalue weighted by Crippen LogP contribution is -2.26. The molecular weight excluding hydrogens is 248 g/mol. The van der Waals surface area contributed by atoms with Crippen molar-refractivity contribution in [3.8, 4) is 5.75 Å². The normalized spacial score (nSPS) is 15.1. The minimum atomic E-state index is -0.828. The van der Waals surface area contributed by atoms with Gasteiger partial charge in [0.15, 0.2) is 6.61 Å². The predicted molar refractivity (Wildman–Crippen MR) is 69.2 cm³/mol. The van der Waals surface area contributed by atoms with Crippen molar-refractivity contribution in [1.82, 2.24) is 5.32 Å². The highest BCUT2D eigenvalue weighted by Crippen LogP contribution is 2.30. The first-order valence-corrected chi connectivity index (χ1v) is 6.08. The molecule has 1 heterocycles. The van der Waals surface area contributed by atoms with Crippen molar-refractivity contribution in [2.45, 2.75) is 19.4 Å². The zero-order valence-corrected chi connectivity index (χ0v) is 10.6. The molecule has 1 aliphatic rings. The SMILES string of the molecule is CC(NCCC(=O)O)c1ccc2c(c1)NC(=O)CO2. The lowest BCUT2D eigenvalue weighted by atomic mass is 10.1. The summed E-state index contributed by atoms with van der Waals surface area (Å²) in [6.07, 6.45) is 0.0785. The lowest BCUT2D eigenvalue weighted by molar-refractivity contribution is -0.136. The predicted octanol–water partition coefficient (Wildman–Crippen LogP) is 1.14. The van der Waals surface area contributed by atoms with Crippen LogP contribution in [0, 0.1) is 0 Å². The van der Waals surface area contributed by atoms with Crippen LogP contribution in [0.2, 0.25) is 0 Å². The van der Waals surface area contributed by atoms with Crippen LogP contribution in [0.4, 0.5) is 5.69 Å². The summed E-state index contributed by atoms with van der Waals surface area (Å²) >= 11 is 0. The van der Waals surface area contributed by atoms with Gasteiger partial charge in [0.25, 0.3) is 5.91 Å². The van der Waals surface area contributed by atoms with E-state index < -0.39 is 5.97 Å². The van der Waals surface area contributed by atoms with Gasteiger partial charge in [0, 0.05) is 12.6 Å². The van der Waals surface area contributed by atoms with Gasteiger partial charge in [-0.2, -0.15) is 0 Å². The molecule has 19 heavy (non-hydrogen) atoms. The zero-order chi connectivity index (χ0) is 13.8. The van der Waals surface area contributed by atoms with Gasteiger partial charge < -0.3 is 20.5 Å². The lowest BCUT2D eigenvalue weighted by Gasteiger charge is -2.20. The van der Waals surface area contributed by atoms with Gasteiger partial charge in [-0.15, -0.1) is 0 Å². The van der Waals surface area contributed by atoms with Crippen LogP contribution in [-0.4, -0.2) is 30.1 Å². The Kier molecular flexibility index (Phi) is 4.01. The molecule has 6 heteroatoms. The van der Waals surface area contributed by atoms with Gasteiger partial charge in [-0.1, -0.05) is 6.07 Å². The Labute approximate surface area is 110 Å². The molecule has 3 N–H and O–H groups in total. The number of carboxylic acids is 1. The van der Waals surface area contributed by atoms with E-state index in [9.17, 15) is 9.59 Å². The number of aliphatic carboxylic acids is 1. The molecule has 0 saturated carbocycles. The Morgan fingerprint density at radius 3 is 3.11 bits per heavy atom. The van der Waals surface area contributed by atoms with Gasteiger partial charge in [-0.3, -0.25) is 9.59 Å². The molecule has 0 spiro atoms. The smallest absolute Gasteiger partial charge is 0.304 e. The summed E-state index contributed by atoms with van der Waals surface area (Å²) < 4.78 is 5.27. The molecule has 0 aromatic heterocycles. The number of nitrogens with one attached hydrogen (secondary N) is 2. The second kappa shape index (κ2) is 5.71. The molecule has 0 bridgehead atoms. The highest BCUT2D eigenvalue weighted by atomic mass is 16.5. The topological polar surface area (TPSA) is 87.7 Å². The van der Waals surface area contributed by atoms with Gasteiger partial charge in [0.1, 0.15) is 5.75 Å². The van der Waals surface area contributed by atoms with E-state index in [4.69, 9.17) is 9.84 Å². The maximum Gasteiger partial charge on any atom is 0.304 e.